The molecule has 1 aromatic rings. The van der Waals surface area contributed by atoms with Gasteiger partial charge in [-0.3, -0.25) is 14.5 Å². The van der Waals surface area contributed by atoms with Gasteiger partial charge in [0.05, 0.1) is 6.04 Å². The zero-order valence-corrected chi connectivity index (χ0v) is 16.9. The van der Waals surface area contributed by atoms with Crippen LogP contribution in [-0.4, -0.2) is 34.8 Å². The van der Waals surface area contributed by atoms with Crippen LogP contribution in [0, 0.1) is 5.92 Å². The Balaban J connectivity index is 1.63. The van der Waals surface area contributed by atoms with Gasteiger partial charge in [-0.15, -0.1) is 0 Å². The molecule has 1 aliphatic carbocycles. The Hall–Kier alpha value is -1.79. The van der Waals surface area contributed by atoms with Crippen molar-refractivity contribution in [2.45, 2.75) is 51.1 Å². The molecule has 1 unspecified atom stereocenters. The molecule has 27 heavy (non-hydrogen) atoms. The van der Waals surface area contributed by atoms with Gasteiger partial charge in [-0.05, 0) is 56.2 Å². The Kier molecular flexibility index (Phi) is 5.68. The maximum Gasteiger partial charge on any atom is 0.325 e. The number of imide groups is 1. The van der Waals surface area contributed by atoms with Crippen molar-refractivity contribution in [3.8, 4) is 0 Å². The molecule has 1 saturated carbocycles. The average molecular weight is 412 g/mol. The van der Waals surface area contributed by atoms with E-state index >= 15 is 0 Å². The molecule has 0 aromatic heterocycles. The zero-order chi connectivity index (χ0) is 19.8. The van der Waals surface area contributed by atoms with E-state index in [0.717, 1.165) is 17.7 Å². The highest BCUT2D eigenvalue weighted by molar-refractivity contribution is 6.35. The van der Waals surface area contributed by atoms with Crippen LogP contribution in [0.1, 0.15) is 51.1 Å². The SMILES string of the molecule is CC1CCC2(CC1)NC(=O)N(CC(=O)NC(C)c1ccc(Cl)cc1Cl)C2=O. The second-order valence-corrected chi connectivity index (χ2v) is 8.38. The molecule has 4 amide bonds. The lowest BCUT2D eigenvalue weighted by Crippen LogP contribution is -2.50. The van der Waals surface area contributed by atoms with Crippen molar-refractivity contribution in [1.82, 2.24) is 15.5 Å². The van der Waals surface area contributed by atoms with E-state index in [1.807, 2.05) is 0 Å². The molecule has 2 fully saturated rings. The maximum absolute atomic E-state index is 12.8. The number of benzene rings is 1. The van der Waals surface area contributed by atoms with Gasteiger partial charge in [0.1, 0.15) is 12.1 Å². The molecule has 0 radical (unpaired) electrons. The second kappa shape index (κ2) is 7.68. The largest absolute Gasteiger partial charge is 0.348 e. The van der Waals surface area contributed by atoms with Gasteiger partial charge < -0.3 is 10.6 Å². The smallest absolute Gasteiger partial charge is 0.325 e. The summed E-state index contributed by atoms with van der Waals surface area (Å²) in [4.78, 5) is 38.5. The van der Waals surface area contributed by atoms with Crippen LogP contribution in [-0.2, 0) is 9.59 Å². The van der Waals surface area contributed by atoms with Gasteiger partial charge in [0, 0.05) is 10.0 Å². The Labute approximate surface area is 168 Å². The average Bonchev–Trinajstić information content (AvgIpc) is 2.82. The lowest BCUT2D eigenvalue weighted by Gasteiger charge is -2.33. The summed E-state index contributed by atoms with van der Waals surface area (Å²) in [6, 6.07) is 4.15. The predicted molar refractivity (Wildman–Crippen MR) is 104 cm³/mol. The molecular weight excluding hydrogens is 389 g/mol. The summed E-state index contributed by atoms with van der Waals surface area (Å²) < 4.78 is 0. The normalized spacial score (nSPS) is 26.2. The molecule has 3 rings (SSSR count). The third-order valence-corrected chi connectivity index (χ3v) is 6.04. The van der Waals surface area contributed by atoms with E-state index in [2.05, 4.69) is 17.6 Å². The minimum atomic E-state index is -0.838. The van der Waals surface area contributed by atoms with Crippen molar-refractivity contribution >= 4 is 41.0 Å². The summed E-state index contributed by atoms with van der Waals surface area (Å²) in [6.07, 6.45) is 3.01. The highest BCUT2D eigenvalue weighted by atomic mass is 35.5. The molecule has 2 aliphatic rings. The van der Waals surface area contributed by atoms with Crippen LogP contribution in [0.3, 0.4) is 0 Å². The van der Waals surface area contributed by atoms with Crippen molar-refractivity contribution in [2.24, 2.45) is 5.92 Å². The topological polar surface area (TPSA) is 78.5 Å². The number of halogens is 2. The first-order valence-electron chi connectivity index (χ1n) is 9.10. The first-order chi connectivity index (χ1) is 12.7. The summed E-state index contributed by atoms with van der Waals surface area (Å²) in [6.45, 7) is 3.61. The third kappa shape index (κ3) is 4.06. The fourth-order valence-corrected chi connectivity index (χ4v) is 4.35. The van der Waals surface area contributed by atoms with Gasteiger partial charge in [0.2, 0.25) is 5.91 Å². The fourth-order valence-electron chi connectivity index (χ4n) is 3.77. The van der Waals surface area contributed by atoms with E-state index in [1.165, 1.54) is 0 Å². The van der Waals surface area contributed by atoms with Gasteiger partial charge >= 0.3 is 6.03 Å². The van der Waals surface area contributed by atoms with Crippen LogP contribution in [0.4, 0.5) is 4.79 Å². The Morgan fingerprint density at radius 1 is 1.33 bits per heavy atom. The standard InChI is InChI=1S/C19H23Cl2N3O3/c1-11-5-7-19(8-6-11)17(26)24(18(27)23-19)10-16(25)22-12(2)14-4-3-13(20)9-15(14)21/h3-4,9,11-12H,5-8,10H2,1-2H3,(H,22,25)(H,23,27). The number of urea groups is 1. The Morgan fingerprint density at radius 2 is 2.00 bits per heavy atom. The number of nitrogens with zero attached hydrogens (tertiary/aromatic N) is 1. The summed E-state index contributed by atoms with van der Waals surface area (Å²) in [5.41, 5.74) is -0.126. The molecule has 1 saturated heterocycles. The zero-order valence-electron chi connectivity index (χ0n) is 15.4. The number of rotatable bonds is 4. The predicted octanol–water partition coefficient (Wildman–Crippen LogP) is 3.67. The van der Waals surface area contributed by atoms with Crippen LogP contribution >= 0.6 is 23.2 Å². The molecule has 1 spiro atoms. The molecule has 2 N–H and O–H groups in total. The van der Waals surface area contributed by atoms with Crippen LogP contribution in [0.2, 0.25) is 10.0 Å². The number of hydrogen-bond donors (Lipinski definition) is 2. The summed E-state index contributed by atoms with van der Waals surface area (Å²) in [5.74, 6) is -0.173. The molecular formula is C19H23Cl2N3O3. The van der Waals surface area contributed by atoms with Crippen molar-refractivity contribution in [3.05, 3.63) is 33.8 Å². The van der Waals surface area contributed by atoms with Crippen molar-refractivity contribution < 1.29 is 14.4 Å². The monoisotopic (exact) mass is 411 g/mol. The van der Waals surface area contributed by atoms with Crippen LogP contribution in [0.5, 0.6) is 0 Å². The lowest BCUT2D eigenvalue weighted by atomic mass is 9.77. The van der Waals surface area contributed by atoms with E-state index < -0.39 is 17.5 Å². The minimum absolute atomic E-state index is 0.299. The van der Waals surface area contributed by atoms with Gasteiger partial charge in [0.15, 0.2) is 0 Å². The second-order valence-electron chi connectivity index (χ2n) is 7.54. The van der Waals surface area contributed by atoms with Crippen molar-refractivity contribution in [2.75, 3.05) is 6.54 Å². The van der Waals surface area contributed by atoms with Crippen LogP contribution in [0.15, 0.2) is 18.2 Å². The first kappa shape index (κ1) is 20.0. The number of carbonyl (C=O) groups is 3. The molecule has 6 nitrogen and oxygen atoms in total. The van der Waals surface area contributed by atoms with E-state index in [0.29, 0.717) is 34.4 Å². The number of hydrogen-bond acceptors (Lipinski definition) is 3. The van der Waals surface area contributed by atoms with E-state index in [1.54, 1.807) is 25.1 Å². The number of nitrogens with one attached hydrogen (secondary N) is 2. The maximum atomic E-state index is 12.8. The summed E-state index contributed by atoms with van der Waals surface area (Å²) >= 11 is 12.1. The lowest BCUT2D eigenvalue weighted by molar-refractivity contribution is -0.136. The van der Waals surface area contributed by atoms with Gasteiger partial charge in [0.25, 0.3) is 5.91 Å². The van der Waals surface area contributed by atoms with Crippen molar-refractivity contribution in [3.63, 3.8) is 0 Å². The third-order valence-electron chi connectivity index (χ3n) is 5.48. The van der Waals surface area contributed by atoms with E-state index in [4.69, 9.17) is 23.2 Å². The fraction of sp³-hybridized carbons (Fsp3) is 0.526. The molecule has 1 aliphatic heterocycles. The molecule has 1 atom stereocenters. The van der Waals surface area contributed by atoms with Crippen LogP contribution < -0.4 is 10.6 Å². The van der Waals surface area contributed by atoms with Crippen molar-refractivity contribution in [1.29, 1.82) is 0 Å². The van der Waals surface area contributed by atoms with Crippen LogP contribution in [0.25, 0.3) is 0 Å². The van der Waals surface area contributed by atoms with E-state index in [-0.39, 0.29) is 18.5 Å². The molecule has 146 valence electrons. The van der Waals surface area contributed by atoms with Gasteiger partial charge in [-0.2, -0.15) is 0 Å². The first-order valence-corrected chi connectivity index (χ1v) is 9.86. The Bertz CT molecular complexity index is 775. The van der Waals surface area contributed by atoms with Gasteiger partial charge in [-0.25, -0.2) is 4.79 Å². The molecule has 0 bridgehead atoms. The minimum Gasteiger partial charge on any atom is -0.348 e. The quantitative estimate of drug-likeness (QED) is 0.741. The molecule has 1 aromatic carbocycles. The highest BCUT2D eigenvalue weighted by Gasteiger charge is 2.52. The Morgan fingerprint density at radius 3 is 2.63 bits per heavy atom. The van der Waals surface area contributed by atoms with E-state index in [9.17, 15) is 14.4 Å². The highest BCUT2D eigenvalue weighted by Crippen LogP contribution is 2.36. The number of amides is 4. The number of carbonyl (C=O) groups excluding carboxylic acids is 3. The summed E-state index contributed by atoms with van der Waals surface area (Å²) in [5, 5.41) is 6.55. The van der Waals surface area contributed by atoms with Gasteiger partial charge in [-0.1, -0.05) is 36.2 Å². The summed E-state index contributed by atoms with van der Waals surface area (Å²) in [7, 11) is 0. The molecule has 8 heteroatoms. The molecule has 1 heterocycles.